The summed E-state index contributed by atoms with van der Waals surface area (Å²) in [7, 11) is 0. The van der Waals surface area contributed by atoms with E-state index in [4.69, 9.17) is 4.74 Å². The number of hydrogen-bond acceptors (Lipinski definition) is 3. The fraction of sp³-hybridized carbons (Fsp3) is 0.312. The van der Waals surface area contributed by atoms with Crippen molar-refractivity contribution in [2.75, 3.05) is 13.2 Å². The Morgan fingerprint density at radius 1 is 1.35 bits per heavy atom. The summed E-state index contributed by atoms with van der Waals surface area (Å²) in [5.74, 6) is -0.760. The van der Waals surface area contributed by atoms with Crippen LogP contribution in [0.4, 0.5) is 13.2 Å². The average Bonchev–Trinajstić information content (AvgIpc) is 2.93. The maximum Gasteiger partial charge on any atom is 0.417 e. The molecule has 4 nitrogen and oxygen atoms in total. The molecule has 0 radical (unpaired) electrons. The number of fused-ring (bicyclic) bond motifs is 1. The number of carbonyl (C=O) groups is 1. The lowest BCUT2D eigenvalue weighted by Gasteiger charge is -2.10. The molecule has 0 saturated heterocycles. The number of aromatic amines is 1. The first-order valence-corrected chi connectivity index (χ1v) is 7.14. The van der Waals surface area contributed by atoms with Crippen molar-refractivity contribution in [1.29, 1.82) is 0 Å². The van der Waals surface area contributed by atoms with E-state index in [0.29, 0.717) is 13.0 Å². The smallest absolute Gasteiger partial charge is 0.417 e. The highest BCUT2D eigenvalue weighted by Gasteiger charge is 2.34. The number of nitrogens with one attached hydrogen (secondary N) is 2. The van der Waals surface area contributed by atoms with Crippen molar-refractivity contribution in [3.05, 3.63) is 48.3 Å². The molecule has 0 bridgehead atoms. The highest BCUT2D eigenvalue weighted by atomic mass is 19.4. The van der Waals surface area contributed by atoms with Crippen LogP contribution >= 0.6 is 0 Å². The Hall–Kier alpha value is -2.44. The fourth-order valence-electron chi connectivity index (χ4n) is 2.26. The Morgan fingerprint density at radius 3 is 2.83 bits per heavy atom. The van der Waals surface area contributed by atoms with Gasteiger partial charge < -0.3 is 15.0 Å². The lowest BCUT2D eigenvalue weighted by molar-refractivity contribution is -0.136. The van der Waals surface area contributed by atoms with Crippen molar-refractivity contribution >= 4 is 16.9 Å². The van der Waals surface area contributed by atoms with Crippen molar-refractivity contribution in [1.82, 2.24) is 10.3 Å². The van der Waals surface area contributed by atoms with Gasteiger partial charge in [-0.15, -0.1) is 0 Å². The standard InChI is InChI=1S/C16H17F3N2O2/c1-2-20-8-3-4-9-23-15(22)11-10-21-13-7-5-6-12(14(11)13)16(17,18)19/h2,5-7,10,20-21H,1,3-4,8-9H2. The molecule has 1 heterocycles. The fourth-order valence-corrected chi connectivity index (χ4v) is 2.26. The normalized spacial score (nSPS) is 11.4. The molecule has 0 unspecified atom stereocenters. The number of alkyl halides is 3. The SMILES string of the molecule is C=CNCCCCOC(=O)c1c[nH]c2cccc(C(F)(F)F)c12. The molecule has 2 N–H and O–H groups in total. The number of esters is 1. The Balaban J connectivity index is 2.10. The minimum atomic E-state index is -4.53. The van der Waals surface area contributed by atoms with E-state index in [1.165, 1.54) is 18.3 Å². The van der Waals surface area contributed by atoms with E-state index >= 15 is 0 Å². The van der Waals surface area contributed by atoms with Crippen molar-refractivity contribution < 1.29 is 22.7 Å². The molecule has 1 aromatic heterocycles. The molecule has 7 heteroatoms. The van der Waals surface area contributed by atoms with Crippen LogP contribution in [0, 0.1) is 0 Å². The molecule has 124 valence electrons. The monoisotopic (exact) mass is 326 g/mol. The van der Waals surface area contributed by atoms with Crippen LogP contribution in [0.3, 0.4) is 0 Å². The van der Waals surface area contributed by atoms with Gasteiger partial charge in [0.2, 0.25) is 0 Å². The molecule has 0 spiro atoms. The number of halogens is 3. The van der Waals surface area contributed by atoms with E-state index in [0.717, 1.165) is 12.5 Å². The van der Waals surface area contributed by atoms with Crippen molar-refractivity contribution in [3.8, 4) is 0 Å². The molecular formula is C16H17F3N2O2. The van der Waals surface area contributed by atoms with Gasteiger partial charge in [-0.2, -0.15) is 13.2 Å². The van der Waals surface area contributed by atoms with Gasteiger partial charge in [0.1, 0.15) is 0 Å². The molecule has 23 heavy (non-hydrogen) atoms. The molecular weight excluding hydrogens is 309 g/mol. The van der Waals surface area contributed by atoms with Gasteiger partial charge >= 0.3 is 12.1 Å². The largest absolute Gasteiger partial charge is 0.462 e. The lowest BCUT2D eigenvalue weighted by atomic mass is 10.1. The minimum Gasteiger partial charge on any atom is -0.462 e. The minimum absolute atomic E-state index is 0.0999. The lowest BCUT2D eigenvalue weighted by Crippen LogP contribution is -2.11. The van der Waals surface area contributed by atoms with Crippen molar-refractivity contribution in [2.45, 2.75) is 19.0 Å². The Labute approximate surface area is 131 Å². The van der Waals surface area contributed by atoms with Crippen LogP contribution in [-0.2, 0) is 10.9 Å². The van der Waals surface area contributed by atoms with Gasteiger partial charge in [0.25, 0.3) is 0 Å². The molecule has 2 rings (SSSR count). The van der Waals surface area contributed by atoms with E-state index in [1.807, 2.05) is 0 Å². The first kappa shape index (κ1) is 16.9. The van der Waals surface area contributed by atoms with Crippen LogP contribution in [0.5, 0.6) is 0 Å². The van der Waals surface area contributed by atoms with Gasteiger partial charge in [-0.25, -0.2) is 4.79 Å². The molecule has 2 aromatic rings. The second-order valence-corrected chi connectivity index (χ2v) is 4.93. The summed E-state index contributed by atoms with van der Waals surface area (Å²) >= 11 is 0. The van der Waals surface area contributed by atoms with Crippen LogP contribution in [0.25, 0.3) is 10.9 Å². The summed E-state index contributed by atoms with van der Waals surface area (Å²) in [5.41, 5.74) is -0.697. The summed E-state index contributed by atoms with van der Waals surface area (Å²) in [6, 6.07) is 3.74. The molecule has 0 aliphatic heterocycles. The van der Waals surface area contributed by atoms with Gasteiger partial charge in [0, 0.05) is 23.6 Å². The third-order valence-electron chi connectivity index (χ3n) is 3.32. The zero-order valence-corrected chi connectivity index (χ0v) is 12.4. The van der Waals surface area contributed by atoms with E-state index in [2.05, 4.69) is 16.9 Å². The molecule has 0 atom stereocenters. The maximum absolute atomic E-state index is 13.1. The number of benzene rings is 1. The summed E-state index contributed by atoms with van der Waals surface area (Å²) in [4.78, 5) is 14.7. The Kier molecular flexibility index (Phi) is 5.31. The zero-order valence-electron chi connectivity index (χ0n) is 12.4. The van der Waals surface area contributed by atoms with Gasteiger partial charge in [0.05, 0.1) is 17.7 Å². The zero-order chi connectivity index (χ0) is 16.9. The molecule has 1 aromatic carbocycles. The van der Waals surface area contributed by atoms with Gasteiger partial charge in [-0.1, -0.05) is 12.6 Å². The third kappa shape index (κ3) is 4.06. The first-order chi connectivity index (χ1) is 10.9. The number of rotatable bonds is 7. The first-order valence-electron chi connectivity index (χ1n) is 7.14. The number of hydrogen-bond donors (Lipinski definition) is 2. The van der Waals surface area contributed by atoms with E-state index in [1.54, 1.807) is 6.20 Å². The molecule has 0 aliphatic rings. The second kappa shape index (κ2) is 7.21. The second-order valence-electron chi connectivity index (χ2n) is 4.93. The molecule has 0 aliphatic carbocycles. The quantitative estimate of drug-likeness (QED) is 0.600. The summed E-state index contributed by atoms with van der Waals surface area (Å²) in [6.07, 6.45) is -0.340. The highest BCUT2D eigenvalue weighted by molar-refractivity contribution is 6.05. The number of ether oxygens (including phenoxy) is 1. The van der Waals surface area contributed by atoms with Crippen molar-refractivity contribution in [3.63, 3.8) is 0 Å². The number of aromatic nitrogens is 1. The predicted molar refractivity (Wildman–Crippen MR) is 81.0 cm³/mol. The van der Waals surface area contributed by atoms with Crippen LogP contribution in [-0.4, -0.2) is 24.1 Å². The molecule has 0 saturated carbocycles. The maximum atomic E-state index is 13.1. The van der Waals surface area contributed by atoms with Gasteiger partial charge in [-0.3, -0.25) is 0 Å². The summed E-state index contributed by atoms with van der Waals surface area (Å²) in [6.45, 7) is 4.36. The van der Waals surface area contributed by atoms with Crippen LogP contribution in [0.2, 0.25) is 0 Å². The van der Waals surface area contributed by atoms with Crippen LogP contribution < -0.4 is 5.32 Å². The van der Waals surface area contributed by atoms with Gasteiger partial charge in [0.15, 0.2) is 0 Å². The summed E-state index contributed by atoms with van der Waals surface area (Å²) < 4.78 is 44.3. The topological polar surface area (TPSA) is 54.1 Å². The predicted octanol–water partition coefficient (Wildman–Crippen LogP) is 3.86. The molecule has 0 fully saturated rings. The van der Waals surface area contributed by atoms with E-state index < -0.39 is 17.7 Å². The average molecular weight is 326 g/mol. The Morgan fingerprint density at radius 2 is 2.13 bits per heavy atom. The van der Waals surface area contributed by atoms with Crippen LogP contribution in [0.1, 0.15) is 28.8 Å². The number of H-pyrrole nitrogens is 1. The number of unbranched alkanes of at least 4 members (excludes halogenated alkanes) is 1. The molecule has 0 amide bonds. The summed E-state index contributed by atoms with van der Waals surface area (Å²) in [5, 5.41) is 2.75. The van der Waals surface area contributed by atoms with Crippen LogP contribution in [0.15, 0.2) is 37.2 Å². The van der Waals surface area contributed by atoms with E-state index in [-0.39, 0.29) is 23.1 Å². The Bertz CT molecular complexity index is 692. The number of carbonyl (C=O) groups excluding carboxylic acids is 1. The third-order valence-corrected chi connectivity index (χ3v) is 3.32. The van der Waals surface area contributed by atoms with Crippen molar-refractivity contribution in [2.24, 2.45) is 0 Å². The highest BCUT2D eigenvalue weighted by Crippen LogP contribution is 2.36. The van der Waals surface area contributed by atoms with E-state index in [9.17, 15) is 18.0 Å². The van der Waals surface area contributed by atoms with Gasteiger partial charge in [-0.05, 0) is 31.2 Å².